The second kappa shape index (κ2) is 12.6. The first-order valence-electron chi connectivity index (χ1n) is 11.6. The second-order valence-electron chi connectivity index (χ2n) is 8.78. The summed E-state index contributed by atoms with van der Waals surface area (Å²) in [5.41, 5.74) is 9.68. The minimum atomic E-state index is -2.44. The highest BCUT2D eigenvalue weighted by Gasteiger charge is 2.22. The molecule has 170 valence electrons. The van der Waals surface area contributed by atoms with E-state index in [-0.39, 0.29) is 6.04 Å². The molecule has 2 N–H and O–H groups in total. The number of benzene rings is 3. The van der Waals surface area contributed by atoms with E-state index in [9.17, 15) is 4.57 Å². The summed E-state index contributed by atoms with van der Waals surface area (Å²) in [5, 5.41) is 0. The van der Waals surface area contributed by atoms with Crippen molar-refractivity contribution in [3.8, 4) is 5.75 Å². The standard InChI is InChI=1S/C28H36NO2P/c1-24(29)22-27-16-18-28(19-17-27)31-23-32(30,20-8-14-25-10-4-2-5-11-25)21-9-15-26-12-6-3-7-13-26/h2-7,10-13,16-19,24H,8-9,14-15,20-23,29H2,1H3/t24-/m1/s1. The van der Waals surface area contributed by atoms with Gasteiger partial charge in [0.15, 0.2) is 0 Å². The van der Waals surface area contributed by atoms with Crippen molar-refractivity contribution in [2.75, 3.05) is 18.7 Å². The number of rotatable bonds is 13. The summed E-state index contributed by atoms with van der Waals surface area (Å²) in [5.74, 6) is 0.782. The molecule has 1 atom stereocenters. The zero-order valence-electron chi connectivity index (χ0n) is 19.2. The van der Waals surface area contributed by atoms with Crippen molar-refractivity contribution >= 4 is 7.14 Å². The molecule has 0 radical (unpaired) electrons. The van der Waals surface area contributed by atoms with Crippen molar-refractivity contribution in [1.29, 1.82) is 0 Å². The molecule has 3 aromatic carbocycles. The van der Waals surface area contributed by atoms with Gasteiger partial charge in [-0.2, -0.15) is 0 Å². The quantitative estimate of drug-likeness (QED) is 0.301. The molecule has 0 aliphatic carbocycles. The van der Waals surface area contributed by atoms with Crippen molar-refractivity contribution in [3.05, 3.63) is 102 Å². The highest BCUT2D eigenvalue weighted by molar-refractivity contribution is 7.63. The van der Waals surface area contributed by atoms with Crippen LogP contribution in [0, 0.1) is 0 Å². The Morgan fingerprint density at radius 3 is 1.72 bits per heavy atom. The second-order valence-corrected chi connectivity index (χ2v) is 12.1. The third kappa shape index (κ3) is 8.65. The molecule has 3 aromatic rings. The summed E-state index contributed by atoms with van der Waals surface area (Å²) in [6.07, 6.45) is 6.34. The van der Waals surface area contributed by atoms with Gasteiger partial charge < -0.3 is 15.0 Å². The minimum Gasteiger partial charge on any atom is -0.486 e. The van der Waals surface area contributed by atoms with E-state index in [1.165, 1.54) is 16.7 Å². The Morgan fingerprint density at radius 2 is 1.25 bits per heavy atom. The maximum atomic E-state index is 13.8. The van der Waals surface area contributed by atoms with Crippen LogP contribution in [0.5, 0.6) is 5.75 Å². The fourth-order valence-electron chi connectivity index (χ4n) is 3.96. The van der Waals surface area contributed by atoms with Gasteiger partial charge in [0.1, 0.15) is 19.2 Å². The Bertz CT molecular complexity index is 906. The molecular formula is C28H36NO2P. The van der Waals surface area contributed by atoms with Crippen LogP contribution in [0.4, 0.5) is 0 Å². The van der Waals surface area contributed by atoms with Crippen molar-refractivity contribution in [1.82, 2.24) is 0 Å². The van der Waals surface area contributed by atoms with Gasteiger partial charge in [-0.15, -0.1) is 0 Å². The van der Waals surface area contributed by atoms with Gasteiger partial charge in [-0.05, 0) is 67.9 Å². The molecule has 0 fully saturated rings. The van der Waals surface area contributed by atoms with Crippen LogP contribution in [0.1, 0.15) is 36.5 Å². The van der Waals surface area contributed by atoms with Gasteiger partial charge in [0, 0.05) is 18.4 Å². The number of nitrogens with two attached hydrogens (primary N) is 1. The Hall–Kier alpha value is -2.35. The molecule has 3 nitrogen and oxygen atoms in total. The molecule has 0 aliphatic rings. The predicted molar refractivity (Wildman–Crippen MR) is 136 cm³/mol. The zero-order valence-corrected chi connectivity index (χ0v) is 20.1. The Kier molecular flexibility index (Phi) is 9.59. The number of aryl methyl sites for hydroxylation is 2. The Balaban J connectivity index is 1.57. The van der Waals surface area contributed by atoms with Gasteiger partial charge in [-0.1, -0.05) is 72.8 Å². The molecule has 32 heavy (non-hydrogen) atoms. The fraction of sp³-hybridized carbons (Fsp3) is 0.357. The highest BCUT2D eigenvalue weighted by Crippen LogP contribution is 2.47. The van der Waals surface area contributed by atoms with Crippen LogP contribution >= 0.6 is 7.14 Å². The van der Waals surface area contributed by atoms with Gasteiger partial charge in [0.05, 0.1) is 0 Å². The summed E-state index contributed by atoms with van der Waals surface area (Å²) in [6.45, 7) is 2.01. The summed E-state index contributed by atoms with van der Waals surface area (Å²) in [6, 6.07) is 29.0. The molecule has 0 unspecified atom stereocenters. The average molecular weight is 450 g/mol. The summed E-state index contributed by atoms with van der Waals surface area (Å²) >= 11 is 0. The third-order valence-electron chi connectivity index (χ3n) is 5.70. The molecular weight excluding hydrogens is 413 g/mol. The lowest BCUT2D eigenvalue weighted by Crippen LogP contribution is -2.17. The van der Waals surface area contributed by atoms with Crippen molar-refractivity contribution in [2.24, 2.45) is 5.73 Å². The fourth-order valence-corrected chi connectivity index (χ4v) is 6.29. The summed E-state index contributed by atoms with van der Waals surface area (Å²) < 4.78 is 19.9. The topological polar surface area (TPSA) is 52.3 Å². The Labute approximate surface area is 193 Å². The Morgan fingerprint density at radius 1 is 0.750 bits per heavy atom. The normalized spacial score (nSPS) is 12.4. The van der Waals surface area contributed by atoms with Crippen LogP contribution in [0.2, 0.25) is 0 Å². The molecule has 0 amide bonds. The van der Waals surface area contributed by atoms with Crippen LogP contribution in [0.15, 0.2) is 84.9 Å². The lowest BCUT2D eigenvalue weighted by Gasteiger charge is -2.19. The minimum absolute atomic E-state index is 0.135. The first kappa shape index (κ1) is 24.3. The first-order chi connectivity index (χ1) is 15.5. The molecule has 0 aromatic heterocycles. The summed E-state index contributed by atoms with van der Waals surface area (Å²) in [7, 11) is -2.44. The lowest BCUT2D eigenvalue weighted by atomic mass is 10.1. The van der Waals surface area contributed by atoms with Crippen molar-refractivity contribution < 1.29 is 9.30 Å². The average Bonchev–Trinajstić information content (AvgIpc) is 2.80. The molecule has 0 spiro atoms. The highest BCUT2D eigenvalue weighted by atomic mass is 31.2. The lowest BCUT2D eigenvalue weighted by molar-refractivity contribution is 0.375. The number of ether oxygens (including phenoxy) is 1. The summed E-state index contributed by atoms with van der Waals surface area (Å²) in [4.78, 5) is 0. The van der Waals surface area contributed by atoms with E-state index in [0.29, 0.717) is 6.35 Å². The van der Waals surface area contributed by atoms with E-state index in [1.807, 2.05) is 31.2 Å². The van der Waals surface area contributed by atoms with Gasteiger partial charge in [0.25, 0.3) is 0 Å². The van der Waals surface area contributed by atoms with Gasteiger partial charge in [-0.25, -0.2) is 0 Å². The van der Waals surface area contributed by atoms with Crippen molar-refractivity contribution in [3.63, 3.8) is 0 Å². The van der Waals surface area contributed by atoms with E-state index in [2.05, 4.69) is 60.7 Å². The molecule has 0 heterocycles. The maximum Gasteiger partial charge on any atom is 0.141 e. The monoisotopic (exact) mass is 449 g/mol. The molecule has 0 aliphatic heterocycles. The van der Waals surface area contributed by atoms with E-state index < -0.39 is 7.14 Å². The van der Waals surface area contributed by atoms with Gasteiger partial charge in [-0.3, -0.25) is 0 Å². The maximum absolute atomic E-state index is 13.8. The van der Waals surface area contributed by atoms with E-state index in [1.54, 1.807) is 0 Å². The SMILES string of the molecule is C[C@@H](N)Cc1ccc(OCP(=O)(CCCc2ccccc2)CCCc2ccccc2)cc1. The van der Waals surface area contributed by atoms with Crippen LogP contribution in [0.25, 0.3) is 0 Å². The molecule has 0 bridgehead atoms. The van der Waals surface area contributed by atoms with E-state index >= 15 is 0 Å². The first-order valence-corrected chi connectivity index (χ1v) is 13.9. The van der Waals surface area contributed by atoms with Gasteiger partial charge in [0.2, 0.25) is 0 Å². The zero-order chi connectivity index (χ0) is 22.7. The van der Waals surface area contributed by atoms with Crippen LogP contribution in [-0.2, 0) is 23.8 Å². The molecule has 0 saturated carbocycles. The largest absolute Gasteiger partial charge is 0.486 e. The predicted octanol–water partition coefficient (Wildman–Crippen LogP) is 6.54. The van der Waals surface area contributed by atoms with Gasteiger partial charge >= 0.3 is 0 Å². The van der Waals surface area contributed by atoms with E-state index in [4.69, 9.17) is 10.5 Å². The van der Waals surface area contributed by atoms with Crippen molar-refractivity contribution in [2.45, 2.75) is 45.1 Å². The number of hydrogen-bond acceptors (Lipinski definition) is 3. The molecule has 4 heteroatoms. The van der Waals surface area contributed by atoms with Crippen LogP contribution in [0.3, 0.4) is 0 Å². The van der Waals surface area contributed by atoms with E-state index in [0.717, 1.165) is 50.2 Å². The molecule has 0 saturated heterocycles. The third-order valence-corrected chi connectivity index (χ3v) is 8.56. The number of hydrogen-bond donors (Lipinski definition) is 1. The smallest absolute Gasteiger partial charge is 0.141 e. The molecule has 3 rings (SSSR count). The van der Waals surface area contributed by atoms with Crippen LogP contribution in [-0.4, -0.2) is 24.7 Å². The van der Waals surface area contributed by atoms with Crippen LogP contribution < -0.4 is 10.5 Å².